The molecule has 1 aromatic rings. The van der Waals surface area contributed by atoms with Crippen molar-refractivity contribution in [3.63, 3.8) is 0 Å². The molecule has 6 heteroatoms. The summed E-state index contributed by atoms with van der Waals surface area (Å²) in [4.78, 5) is 0. The highest BCUT2D eigenvalue weighted by atomic mass is 35.7. The molecule has 1 rings (SSSR count). The molecule has 1 aromatic carbocycles. The molecule has 0 heterocycles. The van der Waals surface area contributed by atoms with Gasteiger partial charge in [0.2, 0.25) is 9.05 Å². The van der Waals surface area contributed by atoms with Crippen LogP contribution >= 0.6 is 10.7 Å². The minimum Gasteiger partial charge on any atom is -0.491 e. The first kappa shape index (κ1) is 15.3. The van der Waals surface area contributed by atoms with E-state index < -0.39 is 9.05 Å². The molecule has 0 aliphatic rings. The first-order valence-electron chi connectivity index (χ1n) is 5.73. The Kier molecular flexibility index (Phi) is 6.46. The molecule has 0 saturated carbocycles. The third kappa shape index (κ3) is 6.83. The predicted octanol–water partition coefficient (Wildman–Crippen LogP) is 2.21. The van der Waals surface area contributed by atoms with Crippen molar-refractivity contribution in [1.82, 2.24) is 0 Å². The van der Waals surface area contributed by atoms with Crippen molar-refractivity contribution < 1.29 is 17.9 Å². The number of hydrogen-bond donors (Lipinski definition) is 0. The second-order valence-corrected chi connectivity index (χ2v) is 6.60. The van der Waals surface area contributed by atoms with Gasteiger partial charge in [-0.15, -0.1) is 0 Å². The number of benzene rings is 1. The van der Waals surface area contributed by atoms with Crippen molar-refractivity contribution in [2.45, 2.75) is 13.3 Å². The largest absolute Gasteiger partial charge is 0.491 e. The molecule has 102 valence electrons. The van der Waals surface area contributed by atoms with Crippen LogP contribution in [-0.4, -0.2) is 34.0 Å². The third-order valence-electron chi connectivity index (χ3n) is 2.27. The van der Waals surface area contributed by atoms with Crippen LogP contribution in [0.3, 0.4) is 0 Å². The Hall–Kier alpha value is -0.780. The van der Waals surface area contributed by atoms with E-state index in [1.54, 1.807) is 0 Å². The highest BCUT2D eigenvalue weighted by molar-refractivity contribution is 8.13. The van der Waals surface area contributed by atoms with Crippen LogP contribution in [0.25, 0.3) is 0 Å². The first-order valence-corrected chi connectivity index (χ1v) is 8.21. The molecular formula is C12H17ClO4S. The molecule has 0 unspecified atom stereocenters. The Balaban J connectivity index is 2.18. The predicted molar refractivity (Wildman–Crippen MR) is 71.8 cm³/mol. The average molecular weight is 293 g/mol. The summed E-state index contributed by atoms with van der Waals surface area (Å²) in [6.45, 7) is 2.89. The summed E-state index contributed by atoms with van der Waals surface area (Å²) < 4.78 is 31.8. The minimum atomic E-state index is -3.47. The molecule has 0 N–H and O–H groups in total. The Labute approximate surface area is 112 Å². The molecule has 18 heavy (non-hydrogen) atoms. The van der Waals surface area contributed by atoms with Crippen molar-refractivity contribution in [3.05, 3.63) is 29.8 Å². The van der Waals surface area contributed by atoms with Gasteiger partial charge in [-0.05, 0) is 24.1 Å². The van der Waals surface area contributed by atoms with Crippen LogP contribution in [-0.2, 0) is 20.2 Å². The number of ether oxygens (including phenoxy) is 2. The normalized spacial score (nSPS) is 11.4. The molecule has 0 aromatic heterocycles. The van der Waals surface area contributed by atoms with Gasteiger partial charge in [0.25, 0.3) is 0 Å². The van der Waals surface area contributed by atoms with E-state index in [1.165, 1.54) is 5.56 Å². The van der Waals surface area contributed by atoms with Gasteiger partial charge < -0.3 is 9.47 Å². The fourth-order valence-corrected chi connectivity index (χ4v) is 1.84. The maximum atomic E-state index is 10.6. The second-order valence-electron chi connectivity index (χ2n) is 3.70. The molecule has 0 aliphatic heterocycles. The summed E-state index contributed by atoms with van der Waals surface area (Å²) in [5.74, 6) is 0.614. The van der Waals surface area contributed by atoms with Crippen molar-refractivity contribution in [3.8, 4) is 5.75 Å². The van der Waals surface area contributed by atoms with Crippen LogP contribution in [0, 0.1) is 0 Å². The van der Waals surface area contributed by atoms with E-state index >= 15 is 0 Å². The standard InChI is InChI=1S/C12H17ClO4S/c1-2-11-4-3-5-12(10-11)17-7-6-16-8-9-18(13,14)15/h3-5,10H,2,6-9H2,1H3. The minimum absolute atomic E-state index is 0.0875. The molecular weight excluding hydrogens is 276 g/mol. The highest BCUT2D eigenvalue weighted by Gasteiger charge is 2.04. The molecule has 0 spiro atoms. The topological polar surface area (TPSA) is 52.6 Å². The van der Waals surface area contributed by atoms with E-state index in [0.717, 1.165) is 12.2 Å². The molecule has 0 atom stereocenters. The molecule has 0 saturated heterocycles. The van der Waals surface area contributed by atoms with Crippen LogP contribution in [0.1, 0.15) is 12.5 Å². The van der Waals surface area contributed by atoms with Crippen molar-refractivity contribution in [2.24, 2.45) is 0 Å². The van der Waals surface area contributed by atoms with E-state index in [2.05, 4.69) is 6.92 Å². The van der Waals surface area contributed by atoms with Gasteiger partial charge in [-0.3, -0.25) is 0 Å². The second kappa shape index (κ2) is 7.61. The van der Waals surface area contributed by atoms with Gasteiger partial charge >= 0.3 is 0 Å². The zero-order valence-corrected chi connectivity index (χ0v) is 11.8. The maximum absolute atomic E-state index is 10.6. The highest BCUT2D eigenvalue weighted by Crippen LogP contribution is 2.13. The summed E-state index contributed by atoms with van der Waals surface area (Å²) in [5, 5.41) is 0. The van der Waals surface area contributed by atoms with Crippen LogP contribution in [0.15, 0.2) is 24.3 Å². The zero-order valence-electron chi connectivity index (χ0n) is 10.3. The lowest BCUT2D eigenvalue weighted by molar-refractivity contribution is 0.111. The van der Waals surface area contributed by atoms with Gasteiger partial charge in [0.05, 0.1) is 19.0 Å². The fraction of sp³-hybridized carbons (Fsp3) is 0.500. The lowest BCUT2D eigenvalue weighted by Gasteiger charge is -2.07. The van der Waals surface area contributed by atoms with E-state index in [1.807, 2.05) is 24.3 Å². The van der Waals surface area contributed by atoms with Crippen molar-refractivity contribution in [2.75, 3.05) is 25.6 Å². The Morgan fingerprint density at radius 1 is 1.22 bits per heavy atom. The van der Waals surface area contributed by atoms with E-state index in [0.29, 0.717) is 13.2 Å². The molecule has 0 fully saturated rings. The molecule has 0 radical (unpaired) electrons. The number of rotatable bonds is 8. The number of aryl methyl sites for hydroxylation is 1. The summed E-state index contributed by atoms with van der Waals surface area (Å²) in [7, 11) is 1.57. The van der Waals surface area contributed by atoms with Crippen molar-refractivity contribution in [1.29, 1.82) is 0 Å². The Bertz CT molecular complexity index is 459. The van der Waals surface area contributed by atoms with E-state index in [-0.39, 0.29) is 12.4 Å². The van der Waals surface area contributed by atoms with Gasteiger partial charge in [-0.25, -0.2) is 8.42 Å². The lowest BCUT2D eigenvalue weighted by atomic mass is 10.2. The Morgan fingerprint density at radius 2 is 2.00 bits per heavy atom. The summed E-state index contributed by atoms with van der Waals surface area (Å²) in [5.41, 5.74) is 1.21. The first-order chi connectivity index (χ1) is 8.51. The smallest absolute Gasteiger partial charge is 0.234 e. The maximum Gasteiger partial charge on any atom is 0.234 e. The quantitative estimate of drug-likeness (QED) is 0.544. The van der Waals surface area contributed by atoms with Crippen molar-refractivity contribution >= 4 is 19.7 Å². The third-order valence-corrected chi connectivity index (χ3v) is 3.39. The monoisotopic (exact) mass is 292 g/mol. The van der Waals surface area contributed by atoms with Crippen LogP contribution in [0.2, 0.25) is 0 Å². The van der Waals surface area contributed by atoms with E-state index in [9.17, 15) is 8.42 Å². The molecule has 0 aliphatic carbocycles. The summed E-state index contributed by atoms with van der Waals surface area (Å²) in [6, 6.07) is 7.83. The fourth-order valence-electron chi connectivity index (χ4n) is 1.33. The van der Waals surface area contributed by atoms with Gasteiger partial charge in [-0.2, -0.15) is 0 Å². The van der Waals surface area contributed by atoms with Crippen LogP contribution < -0.4 is 4.74 Å². The van der Waals surface area contributed by atoms with Crippen LogP contribution in [0.4, 0.5) is 0 Å². The summed E-state index contributed by atoms with van der Waals surface area (Å²) >= 11 is 0. The summed E-state index contributed by atoms with van der Waals surface area (Å²) in [6.07, 6.45) is 0.960. The molecule has 0 bridgehead atoms. The van der Waals surface area contributed by atoms with E-state index in [4.69, 9.17) is 20.2 Å². The van der Waals surface area contributed by atoms with Crippen LogP contribution in [0.5, 0.6) is 5.75 Å². The van der Waals surface area contributed by atoms with Gasteiger partial charge in [0, 0.05) is 10.7 Å². The average Bonchev–Trinajstić information content (AvgIpc) is 2.32. The Morgan fingerprint density at radius 3 is 2.67 bits per heavy atom. The molecule has 4 nitrogen and oxygen atoms in total. The number of halogens is 1. The SMILES string of the molecule is CCc1cccc(OCCOCCS(=O)(=O)Cl)c1. The lowest BCUT2D eigenvalue weighted by Crippen LogP contribution is -2.12. The zero-order chi connectivity index (χ0) is 13.4. The van der Waals surface area contributed by atoms with Gasteiger partial charge in [0.15, 0.2) is 0 Å². The number of hydrogen-bond acceptors (Lipinski definition) is 4. The van der Waals surface area contributed by atoms with Gasteiger partial charge in [-0.1, -0.05) is 19.1 Å². The molecule has 0 amide bonds. The van der Waals surface area contributed by atoms with Gasteiger partial charge in [0.1, 0.15) is 12.4 Å².